The quantitative estimate of drug-likeness (QED) is 0.287. The molecule has 1 aromatic carbocycles. The highest BCUT2D eigenvalue weighted by Crippen LogP contribution is 2.24. The van der Waals surface area contributed by atoms with Crippen LogP contribution in [0.25, 0.3) is 0 Å². The molecule has 0 atom stereocenters. The van der Waals surface area contributed by atoms with Crippen LogP contribution in [0.5, 0.6) is 0 Å². The van der Waals surface area contributed by atoms with Gasteiger partial charge in [-0.25, -0.2) is 5.26 Å². The van der Waals surface area contributed by atoms with Crippen molar-refractivity contribution in [1.82, 2.24) is 0 Å². The van der Waals surface area contributed by atoms with Crippen molar-refractivity contribution in [3.63, 3.8) is 0 Å². The molecule has 16 heavy (non-hydrogen) atoms. The zero-order valence-corrected chi connectivity index (χ0v) is 11.0. The maximum absolute atomic E-state index is 11.6. The van der Waals surface area contributed by atoms with E-state index in [9.17, 15) is 4.79 Å². The minimum atomic E-state index is 0.0934. The van der Waals surface area contributed by atoms with Crippen LogP contribution in [0.2, 0.25) is 0 Å². The first-order valence-electron chi connectivity index (χ1n) is 4.53. The lowest BCUT2D eigenvalue weighted by atomic mass is 10.1. The van der Waals surface area contributed by atoms with E-state index in [-0.39, 0.29) is 5.78 Å². The monoisotopic (exact) mass is 306 g/mol. The molecule has 0 saturated heterocycles. The van der Waals surface area contributed by atoms with Crippen LogP contribution in [0.1, 0.15) is 22.3 Å². The van der Waals surface area contributed by atoms with Crippen molar-refractivity contribution in [2.24, 2.45) is 0 Å². The van der Waals surface area contributed by atoms with E-state index in [1.807, 2.05) is 6.92 Å². The summed E-state index contributed by atoms with van der Waals surface area (Å²) < 4.78 is 4.33. The number of halogens is 1. The van der Waals surface area contributed by atoms with Crippen LogP contribution in [-0.4, -0.2) is 16.4 Å². The predicted molar refractivity (Wildman–Crippen MR) is 64.6 cm³/mol. The van der Waals surface area contributed by atoms with Crippen LogP contribution in [0.15, 0.2) is 23.1 Å². The van der Waals surface area contributed by atoms with Gasteiger partial charge in [0.05, 0.1) is 12.0 Å². The van der Waals surface area contributed by atoms with Gasteiger partial charge in [-0.15, -0.1) is 4.33 Å². The Kier molecular flexibility index (Phi) is 6.00. The van der Waals surface area contributed by atoms with Crippen molar-refractivity contribution >= 4 is 33.8 Å². The van der Waals surface area contributed by atoms with E-state index < -0.39 is 0 Å². The van der Waals surface area contributed by atoms with Crippen molar-refractivity contribution < 1.29 is 19.4 Å². The van der Waals surface area contributed by atoms with E-state index in [0.717, 1.165) is 22.5 Å². The van der Waals surface area contributed by atoms with Crippen LogP contribution < -0.4 is 0 Å². The summed E-state index contributed by atoms with van der Waals surface area (Å²) in [5, 5.41) is 12.2. The second-order valence-corrected chi connectivity index (χ2v) is 4.60. The maximum atomic E-state index is 11.6. The standard InChI is InChI=1S/C10H11BrO4S/c1-7-6-8(9(12)4-5-11)2-3-10(7)16-15-14-13/h2-3,6,13H,4-5H2,1H3. The minimum absolute atomic E-state index is 0.0934. The molecule has 0 aliphatic rings. The zero-order valence-electron chi connectivity index (χ0n) is 8.60. The molecular weight excluding hydrogens is 296 g/mol. The van der Waals surface area contributed by atoms with Crippen molar-refractivity contribution in [2.75, 3.05) is 5.33 Å². The lowest BCUT2D eigenvalue weighted by Gasteiger charge is -2.05. The Balaban J connectivity index is 2.78. The van der Waals surface area contributed by atoms with Crippen LogP contribution in [0, 0.1) is 6.92 Å². The minimum Gasteiger partial charge on any atom is -0.294 e. The molecule has 0 amide bonds. The molecule has 88 valence electrons. The van der Waals surface area contributed by atoms with Gasteiger partial charge >= 0.3 is 0 Å². The number of carbonyl (C=O) groups is 1. The summed E-state index contributed by atoms with van der Waals surface area (Å²) in [5.74, 6) is 0.0934. The molecule has 0 unspecified atom stereocenters. The van der Waals surface area contributed by atoms with E-state index in [4.69, 9.17) is 5.26 Å². The van der Waals surface area contributed by atoms with Crippen LogP contribution >= 0.6 is 28.0 Å². The number of benzene rings is 1. The summed E-state index contributed by atoms with van der Waals surface area (Å²) in [6.07, 6.45) is 0.474. The molecule has 1 N–H and O–H groups in total. The summed E-state index contributed by atoms with van der Waals surface area (Å²) in [4.78, 5) is 12.4. The topological polar surface area (TPSA) is 55.8 Å². The molecular formula is C10H11BrO4S. The lowest BCUT2D eigenvalue weighted by molar-refractivity contribution is -0.432. The Labute approximate surface area is 106 Å². The average Bonchev–Trinajstić information content (AvgIpc) is 2.27. The summed E-state index contributed by atoms with van der Waals surface area (Å²) in [7, 11) is 0. The number of rotatable bonds is 6. The molecule has 0 heterocycles. The van der Waals surface area contributed by atoms with Gasteiger partial charge in [0.1, 0.15) is 0 Å². The number of Topliss-reactive ketones (excluding diaryl/α,β-unsaturated/α-hetero) is 1. The van der Waals surface area contributed by atoms with Crippen molar-refractivity contribution in [2.45, 2.75) is 18.2 Å². The molecule has 0 aliphatic heterocycles. The Morgan fingerprint density at radius 3 is 2.88 bits per heavy atom. The third-order valence-corrected chi connectivity index (χ3v) is 3.14. The Hall–Kier alpha value is -0.400. The summed E-state index contributed by atoms with van der Waals surface area (Å²) >= 11 is 4.11. The molecule has 0 radical (unpaired) electrons. The predicted octanol–water partition coefficient (Wildman–Crippen LogP) is 3.39. The molecule has 0 spiro atoms. The fourth-order valence-electron chi connectivity index (χ4n) is 1.20. The molecule has 0 aromatic heterocycles. The molecule has 0 aliphatic carbocycles. The van der Waals surface area contributed by atoms with Crippen LogP contribution in [0.4, 0.5) is 0 Å². The molecule has 6 heteroatoms. The molecule has 0 bridgehead atoms. The highest BCUT2D eigenvalue weighted by molar-refractivity contribution is 9.09. The van der Waals surface area contributed by atoms with Gasteiger partial charge in [-0.3, -0.25) is 4.79 Å². The average molecular weight is 307 g/mol. The summed E-state index contributed by atoms with van der Waals surface area (Å²) in [6.45, 7) is 1.86. The third-order valence-electron chi connectivity index (χ3n) is 1.97. The van der Waals surface area contributed by atoms with E-state index in [2.05, 4.69) is 25.3 Å². The first-order valence-corrected chi connectivity index (χ1v) is 6.40. The van der Waals surface area contributed by atoms with Gasteiger partial charge < -0.3 is 0 Å². The Bertz CT molecular complexity index is 370. The summed E-state index contributed by atoms with van der Waals surface area (Å²) in [6, 6.07) is 5.26. The fraction of sp³-hybridized carbons (Fsp3) is 0.300. The molecule has 4 nitrogen and oxygen atoms in total. The van der Waals surface area contributed by atoms with Gasteiger partial charge in [0, 0.05) is 22.2 Å². The number of ketones is 1. The third kappa shape index (κ3) is 3.88. The van der Waals surface area contributed by atoms with E-state index in [0.29, 0.717) is 17.3 Å². The zero-order chi connectivity index (χ0) is 12.0. The largest absolute Gasteiger partial charge is 0.294 e. The smallest absolute Gasteiger partial charge is 0.163 e. The fourth-order valence-corrected chi connectivity index (χ4v) is 1.98. The maximum Gasteiger partial charge on any atom is 0.163 e. The van der Waals surface area contributed by atoms with Crippen molar-refractivity contribution in [1.29, 1.82) is 0 Å². The SMILES string of the molecule is Cc1cc(C(=O)CCBr)ccc1SOOO. The first kappa shape index (κ1) is 13.7. The van der Waals surface area contributed by atoms with Gasteiger partial charge in [0.15, 0.2) is 5.78 Å². The first-order chi connectivity index (χ1) is 7.69. The number of hydrogen-bond acceptors (Lipinski definition) is 5. The Morgan fingerprint density at radius 2 is 2.31 bits per heavy atom. The summed E-state index contributed by atoms with van der Waals surface area (Å²) in [5.41, 5.74) is 1.56. The van der Waals surface area contributed by atoms with Gasteiger partial charge in [-0.1, -0.05) is 27.0 Å². The van der Waals surface area contributed by atoms with E-state index in [1.54, 1.807) is 18.2 Å². The van der Waals surface area contributed by atoms with Gasteiger partial charge in [0.2, 0.25) is 0 Å². The highest BCUT2D eigenvalue weighted by Gasteiger charge is 2.08. The van der Waals surface area contributed by atoms with Crippen molar-refractivity contribution in [3.05, 3.63) is 29.3 Å². The van der Waals surface area contributed by atoms with Gasteiger partial charge in [-0.2, -0.15) is 0 Å². The highest BCUT2D eigenvalue weighted by atomic mass is 79.9. The second kappa shape index (κ2) is 7.03. The lowest BCUT2D eigenvalue weighted by Crippen LogP contribution is -2.00. The number of carbonyl (C=O) groups excluding carboxylic acids is 1. The van der Waals surface area contributed by atoms with Crippen molar-refractivity contribution in [3.8, 4) is 0 Å². The van der Waals surface area contributed by atoms with Crippen LogP contribution in [0.3, 0.4) is 0 Å². The van der Waals surface area contributed by atoms with E-state index >= 15 is 0 Å². The van der Waals surface area contributed by atoms with Gasteiger partial charge in [0.25, 0.3) is 0 Å². The number of aryl methyl sites for hydroxylation is 1. The Morgan fingerprint density at radius 1 is 1.56 bits per heavy atom. The second-order valence-electron chi connectivity index (χ2n) is 3.07. The molecule has 1 aromatic rings. The normalized spacial score (nSPS) is 10.4. The molecule has 0 fully saturated rings. The number of hydrogen-bond donors (Lipinski definition) is 1. The molecule has 0 saturated carbocycles. The van der Waals surface area contributed by atoms with Gasteiger partial charge in [-0.05, 0) is 24.6 Å². The molecule has 1 rings (SSSR count). The van der Waals surface area contributed by atoms with Crippen LogP contribution in [-0.2, 0) is 9.37 Å². The van der Waals surface area contributed by atoms with E-state index in [1.165, 1.54) is 0 Å². The number of alkyl halides is 1.